The maximum Gasteiger partial charge on any atom is 0.291 e. The zero-order chi connectivity index (χ0) is 21.8. The predicted octanol–water partition coefficient (Wildman–Crippen LogP) is 3.69. The van der Waals surface area contributed by atoms with E-state index in [1.165, 1.54) is 13.0 Å². The second kappa shape index (κ2) is 8.73. The minimum atomic E-state index is -0.893. The molecule has 1 aromatic heterocycles. The van der Waals surface area contributed by atoms with Gasteiger partial charge >= 0.3 is 0 Å². The number of hydrogen-bond acceptors (Lipinski definition) is 4. The van der Waals surface area contributed by atoms with Gasteiger partial charge in [0.1, 0.15) is 11.7 Å². The zero-order valence-electron chi connectivity index (χ0n) is 17.4. The SMILES string of the molecule is CC(=O)Nc1cc(-c2ccccc2)nn([C@H](C)C(=O)Nc2ccc(C)c(C)c2)c1=O. The Balaban J connectivity index is 1.99. The lowest BCUT2D eigenvalue weighted by atomic mass is 10.1. The second-order valence-corrected chi connectivity index (χ2v) is 7.20. The number of aryl methyl sites for hydroxylation is 2. The standard InChI is InChI=1S/C23H24N4O3/c1-14-10-11-19(12-15(14)2)25-22(29)16(3)27-23(30)21(24-17(4)28)13-20(26-27)18-8-6-5-7-9-18/h5-13,16H,1-4H3,(H,24,28)(H,25,29)/t16-/m1/s1. The molecule has 0 aliphatic rings. The Morgan fingerprint density at radius 3 is 2.30 bits per heavy atom. The van der Waals surface area contributed by atoms with Gasteiger partial charge in [0, 0.05) is 18.2 Å². The van der Waals surface area contributed by atoms with Gasteiger partial charge in [-0.2, -0.15) is 5.10 Å². The predicted molar refractivity (Wildman–Crippen MR) is 117 cm³/mol. The third-order valence-corrected chi connectivity index (χ3v) is 4.84. The van der Waals surface area contributed by atoms with E-state index in [0.717, 1.165) is 21.4 Å². The number of nitrogens with one attached hydrogen (secondary N) is 2. The van der Waals surface area contributed by atoms with Crippen molar-refractivity contribution in [2.45, 2.75) is 33.7 Å². The third kappa shape index (κ3) is 4.63. The summed E-state index contributed by atoms with van der Waals surface area (Å²) in [6, 6.07) is 15.5. The van der Waals surface area contributed by atoms with E-state index in [-0.39, 0.29) is 17.5 Å². The normalized spacial score (nSPS) is 11.6. The fourth-order valence-electron chi connectivity index (χ4n) is 2.98. The maximum absolute atomic E-state index is 12.9. The molecule has 154 valence electrons. The average molecular weight is 404 g/mol. The van der Waals surface area contributed by atoms with Crippen molar-refractivity contribution in [3.05, 3.63) is 76.1 Å². The number of nitrogens with zero attached hydrogens (tertiary/aromatic N) is 2. The van der Waals surface area contributed by atoms with Gasteiger partial charge in [-0.1, -0.05) is 36.4 Å². The molecule has 2 N–H and O–H groups in total. The van der Waals surface area contributed by atoms with Gasteiger partial charge in [0.2, 0.25) is 11.8 Å². The highest BCUT2D eigenvalue weighted by Crippen LogP contribution is 2.20. The molecule has 2 aromatic carbocycles. The summed E-state index contributed by atoms with van der Waals surface area (Å²) in [6.45, 7) is 6.87. The third-order valence-electron chi connectivity index (χ3n) is 4.84. The van der Waals surface area contributed by atoms with Crippen molar-refractivity contribution in [3.63, 3.8) is 0 Å². The molecule has 0 saturated heterocycles. The zero-order valence-corrected chi connectivity index (χ0v) is 17.4. The van der Waals surface area contributed by atoms with Crippen molar-refractivity contribution in [2.75, 3.05) is 10.6 Å². The molecule has 3 rings (SSSR count). The molecule has 7 nitrogen and oxygen atoms in total. The van der Waals surface area contributed by atoms with E-state index in [9.17, 15) is 14.4 Å². The smallest absolute Gasteiger partial charge is 0.291 e. The van der Waals surface area contributed by atoms with Crippen molar-refractivity contribution in [2.24, 2.45) is 0 Å². The van der Waals surface area contributed by atoms with Crippen LogP contribution in [-0.2, 0) is 9.59 Å². The van der Waals surface area contributed by atoms with Crippen LogP contribution in [0.3, 0.4) is 0 Å². The first kappa shape index (κ1) is 21.0. The van der Waals surface area contributed by atoms with Gasteiger partial charge in [0.25, 0.3) is 5.56 Å². The highest BCUT2D eigenvalue weighted by atomic mass is 16.2. The van der Waals surface area contributed by atoms with Crippen molar-refractivity contribution in [1.82, 2.24) is 9.78 Å². The van der Waals surface area contributed by atoms with Crippen molar-refractivity contribution in [1.29, 1.82) is 0 Å². The molecule has 0 saturated carbocycles. The Labute approximate surface area is 174 Å². The highest BCUT2D eigenvalue weighted by molar-refractivity contribution is 5.94. The van der Waals surface area contributed by atoms with Crippen LogP contribution >= 0.6 is 0 Å². The van der Waals surface area contributed by atoms with E-state index in [2.05, 4.69) is 15.7 Å². The lowest BCUT2D eigenvalue weighted by molar-refractivity contribution is -0.119. The van der Waals surface area contributed by atoms with Gasteiger partial charge in [-0.15, -0.1) is 0 Å². The largest absolute Gasteiger partial charge is 0.324 e. The van der Waals surface area contributed by atoms with Crippen LogP contribution in [0.25, 0.3) is 11.3 Å². The Kier molecular flexibility index (Phi) is 6.11. The number of rotatable bonds is 5. The van der Waals surface area contributed by atoms with E-state index in [4.69, 9.17) is 0 Å². The van der Waals surface area contributed by atoms with Gasteiger partial charge < -0.3 is 10.6 Å². The van der Waals surface area contributed by atoms with Crippen molar-refractivity contribution < 1.29 is 9.59 Å². The fraction of sp³-hybridized carbons (Fsp3) is 0.217. The molecule has 0 bridgehead atoms. The molecule has 0 fully saturated rings. The Morgan fingerprint density at radius 1 is 0.967 bits per heavy atom. The molecule has 3 aromatic rings. The Morgan fingerprint density at radius 2 is 1.67 bits per heavy atom. The molecular formula is C23H24N4O3. The van der Waals surface area contributed by atoms with Crippen molar-refractivity contribution in [3.8, 4) is 11.3 Å². The van der Waals surface area contributed by atoms with Crippen LogP contribution in [0.1, 0.15) is 31.0 Å². The topological polar surface area (TPSA) is 93.1 Å². The van der Waals surface area contributed by atoms with E-state index < -0.39 is 11.6 Å². The van der Waals surface area contributed by atoms with Crippen LogP contribution < -0.4 is 16.2 Å². The summed E-state index contributed by atoms with van der Waals surface area (Å²) in [7, 11) is 0. The van der Waals surface area contributed by atoms with Crippen LogP contribution in [0.15, 0.2) is 59.4 Å². The summed E-state index contributed by atoms with van der Waals surface area (Å²) in [5.74, 6) is -0.761. The number of carbonyl (C=O) groups excluding carboxylic acids is 2. The summed E-state index contributed by atoms with van der Waals surface area (Å²) >= 11 is 0. The number of aromatic nitrogens is 2. The van der Waals surface area contributed by atoms with Gasteiger partial charge in [0.15, 0.2) is 0 Å². The Bertz CT molecular complexity index is 1150. The second-order valence-electron chi connectivity index (χ2n) is 7.20. The molecule has 0 aliphatic carbocycles. The molecule has 0 spiro atoms. The minimum absolute atomic E-state index is 0.0715. The molecule has 0 radical (unpaired) electrons. The van der Waals surface area contributed by atoms with Gasteiger partial charge in [-0.25, -0.2) is 4.68 Å². The number of carbonyl (C=O) groups is 2. The highest BCUT2D eigenvalue weighted by Gasteiger charge is 2.21. The molecule has 30 heavy (non-hydrogen) atoms. The number of amides is 2. The lowest BCUT2D eigenvalue weighted by Gasteiger charge is -2.17. The van der Waals surface area contributed by atoms with Crippen LogP contribution in [0.4, 0.5) is 11.4 Å². The molecule has 2 amide bonds. The minimum Gasteiger partial charge on any atom is -0.324 e. The monoisotopic (exact) mass is 404 g/mol. The van der Waals surface area contributed by atoms with Crippen LogP contribution in [-0.4, -0.2) is 21.6 Å². The first-order valence-electron chi connectivity index (χ1n) is 9.61. The summed E-state index contributed by atoms with van der Waals surface area (Å²) in [4.78, 5) is 37.3. The van der Waals surface area contributed by atoms with E-state index in [0.29, 0.717) is 11.4 Å². The maximum atomic E-state index is 12.9. The van der Waals surface area contributed by atoms with Gasteiger partial charge in [0.05, 0.1) is 5.69 Å². The summed E-state index contributed by atoms with van der Waals surface area (Å²) in [6.07, 6.45) is 0. The summed E-state index contributed by atoms with van der Waals surface area (Å²) in [5.41, 5.74) is 3.58. The molecule has 1 atom stereocenters. The van der Waals surface area contributed by atoms with E-state index in [1.807, 2.05) is 62.4 Å². The first-order chi connectivity index (χ1) is 14.3. The van der Waals surface area contributed by atoms with Crippen molar-refractivity contribution >= 4 is 23.2 Å². The molecule has 1 heterocycles. The number of hydrogen-bond donors (Lipinski definition) is 2. The first-order valence-corrected chi connectivity index (χ1v) is 9.61. The number of benzene rings is 2. The van der Waals surface area contributed by atoms with Gasteiger partial charge in [-0.05, 0) is 50.1 Å². The van der Waals surface area contributed by atoms with Gasteiger partial charge in [-0.3, -0.25) is 14.4 Å². The molecule has 7 heteroatoms. The summed E-state index contributed by atoms with van der Waals surface area (Å²) in [5, 5.41) is 9.76. The lowest BCUT2D eigenvalue weighted by Crippen LogP contribution is -2.35. The fourth-order valence-corrected chi connectivity index (χ4v) is 2.98. The molecule has 0 unspecified atom stereocenters. The Hall–Kier alpha value is -3.74. The average Bonchev–Trinajstić information content (AvgIpc) is 2.72. The van der Waals surface area contributed by atoms with Crippen LogP contribution in [0, 0.1) is 13.8 Å². The quantitative estimate of drug-likeness (QED) is 0.678. The van der Waals surface area contributed by atoms with Crippen LogP contribution in [0.5, 0.6) is 0 Å². The summed E-state index contributed by atoms with van der Waals surface area (Å²) < 4.78 is 1.10. The van der Waals surface area contributed by atoms with E-state index in [1.54, 1.807) is 6.92 Å². The molecular weight excluding hydrogens is 380 g/mol. The molecule has 0 aliphatic heterocycles. The van der Waals surface area contributed by atoms with E-state index >= 15 is 0 Å². The number of anilines is 2. The van der Waals surface area contributed by atoms with Crippen LogP contribution in [0.2, 0.25) is 0 Å².